The Kier molecular flexibility index (Phi) is 8.66. The first-order valence-electron chi connectivity index (χ1n) is 11.8. The predicted octanol–water partition coefficient (Wildman–Crippen LogP) is 5.91. The Morgan fingerprint density at radius 1 is 0.800 bits per heavy atom. The van der Waals surface area contributed by atoms with Crippen molar-refractivity contribution >= 4 is 72.0 Å². The topological polar surface area (TPSA) is 128 Å². The van der Waals surface area contributed by atoms with Crippen LogP contribution in [0.5, 0.6) is 11.5 Å². The lowest BCUT2D eigenvalue weighted by Gasteiger charge is -2.13. The minimum atomic E-state index is -3.93. The molecule has 0 saturated carbocycles. The SMILES string of the molecule is CC(=O)Oc1ccc(/C=C/C(=O)Nc2cccc3c(S(=O)(=O)Nc4ccc(Br)cc4)cccc23)cc1OC(C)=O. The van der Waals surface area contributed by atoms with Gasteiger partial charge in [-0.1, -0.05) is 46.3 Å². The third-order valence-electron chi connectivity index (χ3n) is 5.43. The van der Waals surface area contributed by atoms with Gasteiger partial charge in [-0.25, -0.2) is 8.42 Å². The minimum absolute atomic E-state index is 0.0322. The minimum Gasteiger partial charge on any atom is -0.423 e. The molecule has 4 aromatic rings. The lowest BCUT2D eigenvalue weighted by Crippen LogP contribution is -2.14. The number of esters is 2. The molecule has 0 spiro atoms. The summed E-state index contributed by atoms with van der Waals surface area (Å²) in [6.07, 6.45) is 2.76. The molecule has 0 aliphatic carbocycles. The van der Waals surface area contributed by atoms with Gasteiger partial charge >= 0.3 is 11.9 Å². The van der Waals surface area contributed by atoms with Crippen LogP contribution < -0.4 is 19.5 Å². The van der Waals surface area contributed by atoms with Gasteiger partial charge in [0.1, 0.15) is 0 Å². The van der Waals surface area contributed by atoms with Crippen molar-refractivity contribution in [3.63, 3.8) is 0 Å². The number of hydrogen-bond donors (Lipinski definition) is 2. The summed E-state index contributed by atoms with van der Waals surface area (Å²) in [5, 5.41) is 3.74. The number of nitrogens with one attached hydrogen (secondary N) is 2. The van der Waals surface area contributed by atoms with Crippen molar-refractivity contribution in [1.29, 1.82) is 0 Å². The highest BCUT2D eigenvalue weighted by Gasteiger charge is 2.19. The van der Waals surface area contributed by atoms with Crippen molar-refractivity contribution in [3.8, 4) is 11.5 Å². The monoisotopic (exact) mass is 622 g/mol. The second-order valence-corrected chi connectivity index (χ2v) is 11.1. The van der Waals surface area contributed by atoms with Crippen LogP contribution in [0.2, 0.25) is 0 Å². The summed E-state index contributed by atoms with van der Waals surface area (Å²) in [6.45, 7) is 2.44. The predicted molar refractivity (Wildman–Crippen MR) is 156 cm³/mol. The number of sulfonamides is 1. The van der Waals surface area contributed by atoms with E-state index in [2.05, 4.69) is 26.0 Å². The van der Waals surface area contributed by atoms with Gasteiger partial charge in [0.05, 0.1) is 4.90 Å². The summed E-state index contributed by atoms with van der Waals surface area (Å²) in [5.74, 6) is -1.56. The molecule has 4 rings (SSSR count). The zero-order chi connectivity index (χ0) is 28.9. The van der Waals surface area contributed by atoms with E-state index in [1.165, 1.54) is 44.2 Å². The van der Waals surface area contributed by atoms with E-state index in [1.807, 2.05) is 0 Å². The molecule has 40 heavy (non-hydrogen) atoms. The van der Waals surface area contributed by atoms with Crippen LogP contribution in [-0.2, 0) is 24.4 Å². The van der Waals surface area contributed by atoms with Crippen LogP contribution in [0.25, 0.3) is 16.8 Å². The average Bonchev–Trinajstić information content (AvgIpc) is 2.89. The van der Waals surface area contributed by atoms with Crippen molar-refractivity contribution in [2.75, 3.05) is 10.0 Å². The lowest BCUT2D eigenvalue weighted by atomic mass is 10.1. The van der Waals surface area contributed by atoms with Crippen molar-refractivity contribution in [3.05, 3.63) is 95.0 Å². The fraction of sp³-hybridized carbons (Fsp3) is 0.0690. The normalized spacial score (nSPS) is 11.3. The zero-order valence-corrected chi connectivity index (χ0v) is 23.7. The Bertz CT molecular complexity index is 1750. The molecule has 1 amide bonds. The third-order valence-corrected chi connectivity index (χ3v) is 7.40. The van der Waals surface area contributed by atoms with E-state index in [0.717, 1.165) is 4.47 Å². The maximum Gasteiger partial charge on any atom is 0.308 e. The summed E-state index contributed by atoms with van der Waals surface area (Å²) in [5.41, 5.74) is 1.33. The second kappa shape index (κ2) is 12.1. The maximum absolute atomic E-state index is 13.2. The van der Waals surface area contributed by atoms with E-state index >= 15 is 0 Å². The Morgan fingerprint density at radius 3 is 2.15 bits per heavy atom. The number of amides is 1. The molecule has 204 valence electrons. The largest absolute Gasteiger partial charge is 0.423 e. The van der Waals surface area contributed by atoms with Gasteiger partial charge in [0.2, 0.25) is 5.91 Å². The quantitative estimate of drug-likeness (QED) is 0.142. The molecule has 0 unspecified atom stereocenters. The van der Waals surface area contributed by atoms with Gasteiger partial charge in [-0.3, -0.25) is 19.1 Å². The van der Waals surface area contributed by atoms with Crippen molar-refractivity contribution in [2.45, 2.75) is 18.7 Å². The summed E-state index contributed by atoms with van der Waals surface area (Å²) in [6, 6.07) is 21.0. The number of rotatable bonds is 8. The maximum atomic E-state index is 13.2. The number of benzene rings is 4. The van der Waals surface area contributed by atoms with Crippen LogP contribution in [0.1, 0.15) is 19.4 Å². The molecular weight excluding hydrogens is 600 g/mol. The third kappa shape index (κ3) is 7.13. The van der Waals surface area contributed by atoms with E-state index in [1.54, 1.807) is 60.7 Å². The molecule has 0 aromatic heterocycles. The molecule has 0 bridgehead atoms. The van der Waals surface area contributed by atoms with Crippen molar-refractivity contribution < 1.29 is 32.3 Å². The van der Waals surface area contributed by atoms with E-state index in [-0.39, 0.29) is 16.4 Å². The zero-order valence-electron chi connectivity index (χ0n) is 21.3. The van der Waals surface area contributed by atoms with Crippen LogP contribution >= 0.6 is 15.9 Å². The standard InChI is InChI=1S/C29H23BrN2O7S/c1-18(33)38-26-15-9-20(17-27(26)39-19(2)34)10-16-29(35)31-25-7-3-6-24-23(25)5-4-8-28(24)40(36,37)32-22-13-11-21(30)12-14-22/h3-17,32H,1-2H3,(H,31,35)/b16-10+. The number of halogens is 1. The van der Waals surface area contributed by atoms with Crippen LogP contribution in [0.4, 0.5) is 11.4 Å². The van der Waals surface area contributed by atoms with Crippen LogP contribution in [0.3, 0.4) is 0 Å². The summed E-state index contributed by atoms with van der Waals surface area (Å²) < 4.78 is 39.9. The molecule has 11 heteroatoms. The fourth-order valence-corrected chi connectivity index (χ4v) is 5.35. The Hall–Kier alpha value is -4.48. The van der Waals surface area contributed by atoms with Crippen LogP contribution in [-0.4, -0.2) is 26.3 Å². The fourth-order valence-electron chi connectivity index (χ4n) is 3.80. The molecule has 0 aliphatic rings. The number of carbonyl (C=O) groups is 3. The number of carbonyl (C=O) groups excluding carboxylic acids is 3. The van der Waals surface area contributed by atoms with Crippen molar-refractivity contribution in [2.24, 2.45) is 0 Å². The van der Waals surface area contributed by atoms with Crippen molar-refractivity contribution in [1.82, 2.24) is 0 Å². The number of ether oxygens (including phenoxy) is 2. The van der Waals surface area contributed by atoms with E-state index < -0.39 is 27.9 Å². The highest BCUT2D eigenvalue weighted by molar-refractivity contribution is 9.10. The van der Waals surface area contributed by atoms with Crippen LogP contribution in [0, 0.1) is 0 Å². The number of fused-ring (bicyclic) bond motifs is 1. The Balaban J connectivity index is 1.57. The smallest absolute Gasteiger partial charge is 0.308 e. The van der Waals surface area contributed by atoms with Gasteiger partial charge in [0.25, 0.3) is 10.0 Å². The highest BCUT2D eigenvalue weighted by atomic mass is 79.9. The number of anilines is 2. The van der Waals surface area contributed by atoms with Gasteiger partial charge in [-0.05, 0) is 60.2 Å². The first kappa shape index (κ1) is 28.5. The number of hydrogen-bond acceptors (Lipinski definition) is 7. The molecule has 0 fully saturated rings. The molecule has 4 aromatic carbocycles. The summed E-state index contributed by atoms with van der Waals surface area (Å²) in [7, 11) is -3.93. The van der Waals surface area contributed by atoms with Crippen LogP contribution in [0.15, 0.2) is 94.3 Å². The van der Waals surface area contributed by atoms with Gasteiger partial charge in [-0.2, -0.15) is 0 Å². The van der Waals surface area contributed by atoms with E-state index in [0.29, 0.717) is 27.7 Å². The average molecular weight is 623 g/mol. The molecule has 2 N–H and O–H groups in total. The molecular formula is C29H23BrN2O7S. The van der Waals surface area contributed by atoms with E-state index in [9.17, 15) is 22.8 Å². The second-order valence-electron chi connectivity index (χ2n) is 8.49. The highest BCUT2D eigenvalue weighted by Crippen LogP contribution is 2.31. The first-order valence-corrected chi connectivity index (χ1v) is 14.1. The Morgan fingerprint density at radius 2 is 1.45 bits per heavy atom. The van der Waals surface area contributed by atoms with Gasteiger partial charge in [0, 0.05) is 46.5 Å². The Labute approximate surface area is 239 Å². The van der Waals surface area contributed by atoms with Gasteiger partial charge < -0.3 is 14.8 Å². The summed E-state index contributed by atoms with van der Waals surface area (Å²) in [4.78, 5) is 35.6. The molecule has 0 saturated heterocycles. The molecule has 0 aliphatic heterocycles. The van der Waals surface area contributed by atoms with Gasteiger partial charge in [0.15, 0.2) is 11.5 Å². The lowest BCUT2D eigenvalue weighted by molar-refractivity contribution is -0.134. The first-order chi connectivity index (χ1) is 19.0. The summed E-state index contributed by atoms with van der Waals surface area (Å²) >= 11 is 3.33. The molecule has 9 nitrogen and oxygen atoms in total. The molecule has 0 radical (unpaired) electrons. The van der Waals surface area contributed by atoms with E-state index in [4.69, 9.17) is 9.47 Å². The molecule has 0 atom stereocenters. The van der Waals surface area contributed by atoms with Gasteiger partial charge in [-0.15, -0.1) is 0 Å². The molecule has 0 heterocycles.